The van der Waals surface area contributed by atoms with E-state index in [4.69, 9.17) is 9.47 Å². The third-order valence-electron chi connectivity index (χ3n) is 7.30. The summed E-state index contributed by atoms with van der Waals surface area (Å²) >= 11 is 0. The monoisotopic (exact) mass is 643 g/mol. The molecule has 0 aliphatic rings. The van der Waals surface area contributed by atoms with Crippen LogP contribution in [0, 0.1) is 6.92 Å². The van der Waals surface area contributed by atoms with Crippen molar-refractivity contribution in [3.8, 4) is 17.2 Å². The van der Waals surface area contributed by atoms with Crippen molar-refractivity contribution in [1.29, 1.82) is 0 Å². The largest absolute Gasteiger partial charge is 0.497 e. The Morgan fingerprint density at radius 1 is 0.826 bits per heavy atom. The first-order valence-corrected chi connectivity index (χ1v) is 16.6. The normalized spacial score (nSPS) is 11.9. The van der Waals surface area contributed by atoms with E-state index in [1.807, 2.05) is 64.1 Å². The number of carbonyl (C=O) groups excluding carboxylic acids is 2. The summed E-state index contributed by atoms with van der Waals surface area (Å²) in [7, 11) is -2.65. The van der Waals surface area contributed by atoms with Gasteiger partial charge in [-0.15, -0.1) is 0 Å². The molecule has 0 fully saturated rings. The average Bonchev–Trinajstić information content (AvgIpc) is 3.04. The number of benzene rings is 4. The Morgan fingerprint density at radius 2 is 1.46 bits per heavy atom. The standard InChI is InChI=1S/C36H41N3O6S/c1-6-34(36(41)37-26(2)3)38(24-28-11-10-14-32(23-28)44-5)35(40)25-39(46(42,43)33-21-15-27(4)16-22-33)29-17-19-31(20-18-29)45-30-12-8-7-9-13-30/h7-23,26,34H,6,24-25H2,1-5H3,(H,37,41)/t34-/m1/s1. The van der Waals surface area contributed by atoms with Gasteiger partial charge in [0.1, 0.15) is 29.8 Å². The van der Waals surface area contributed by atoms with Crippen molar-refractivity contribution in [2.75, 3.05) is 18.0 Å². The summed E-state index contributed by atoms with van der Waals surface area (Å²) in [5, 5.41) is 2.91. The molecule has 0 aliphatic heterocycles. The molecule has 0 aliphatic carbocycles. The van der Waals surface area contributed by atoms with Crippen LogP contribution in [-0.2, 0) is 26.2 Å². The smallest absolute Gasteiger partial charge is 0.264 e. The van der Waals surface area contributed by atoms with Crippen molar-refractivity contribution in [1.82, 2.24) is 10.2 Å². The summed E-state index contributed by atoms with van der Waals surface area (Å²) in [6.07, 6.45) is 0.324. The van der Waals surface area contributed by atoms with Gasteiger partial charge in [-0.2, -0.15) is 0 Å². The first-order valence-electron chi connectivity index (χ1n) is 15.2. The fourth-order valence-electron chi connectivity index (χ4n) is 4.94. The second-order valence-electron chi connectivity index (χ2n) is 11.2. The number of para-hydroxylation sites is 1. The van der Waals surface area contributed by atoms with E-state index in [1.165, 1.54) is 17.0 Å². The second kappa shape index (κ2) is 15.4. The number of ether oxygens (including phenoxy) is 2. The fraction of sp³-hybridized carbons (Fsp3) is 0.278. The van der Waals surface area contributed by atoms with E-state index in [0.29, 0.717) is 23.7 Å². The molecule has 0 saturated heterocycles. The van der Waals surface area contributed by atoms with Crippen molar-refractivity contribution in [2.45, 2.75) is 57.6 Å². The number of methoxy groups -OCH3 is 1. The number of rotatable bonds is 14. The van der Waals surface area contributed by atoms with E-state index in [0.717, 1.165) is 15.4 Å². The van der Waals surface area contributed by atoms with Gasteiger partial charge in [0, 0.05) is 12.6 Å². The molecule has 1 atom stereocenters. The predicted molar refractivity (Wildman–Crippen MR) is 180 cm³/mol. The minimum Gasteiger partial charge on any atom is -0.497 e. The lowest BCUT2D eigenvalue weighted by Gasteiger charge is -2.33. The number of anilines is 1. The van der Waals surface area contributed by atoms with Gasteiger partial charge in [-0.1, -0.05) is 55.0 Å². The molecule has 0 radical (unpaired) electrons. The highest BCUT2D eigenvalue weighted by atomic mass is 32.2. The van der Waals surface area contributed by atoms with Gasteiger partial charge in [-0.3, -0.25) is 13.9 Å². The minimum atomic E-state index is -4.20. The van der Waals surface area contributed by atoms with Crippen LogP contribution < -0.4 is 19.1 Å². The molecule has 0 saturated carbocycles. The number of nitrogens with one attached hydrogen (secondary N) is 1. The van der Waals surface area contributed by atoms with Gasteiger partial charge in [0.2, 0.25) is 11.8 Å². The van der Waals surface area contributed by atoms with Gasteiger partial charge in [0.15, 0.2) is 0 Å². The summed E-state index contributed by atoms with van der Waals surface area (Å²) in [5.74, 6) is 0.891. The van der Waals surface area contributed by atoms with Gasteiger partial charge < -0.3 is 19.7 Å². The highest BCUT2D eigenvalue weighted by molar-refractivity contribution is 7.92. The van der Waals surface area contributed by atoms with Crippen LogP contribution in [0.4, 0.5) is 5.69 Å². The quantitative estimate of drug-likeness (QED) is 0.172. The first-order chi connectivity index (χ1) is 22.0. The Balaban J connectivity index is 1.73. The Labute approximate surface area is 271 Å². The maximum absolute atomic E-state index is 14.3. The second-order valence-corrected chi connectivity index (χ2v) is 13.1. The molecular weight excluding hydrogens is 602 g/mol. The van der Waals surface area contributed by atoms with E-state index < -0.39 is 28.5 Å². The Morgan fingerprint density at radius 3 is 2.07 bits per heavy atom. The molecule has 0 spiro atoms. The van der Waals surface area contributed by atoms with Crippen LogP contribution in [0.3, 0.4) is 0 Å². The van der Waals surface area contributed by atoms with E-state index >= 15 is 0 Å². The lowest BCUT2D eigenvalue weighted by molar-refractivity contribution is -0.140. The number of hydrogen-bond donors (Lipinski definition) is 1. The molecule has 0 unspecified atom stereocenters. The molecule has 4 rings (SSSR count). The molecule has 0 aromatic heterocycles. The molecule has 4 aromatic carbocycles. The van der Waals surface area contributed by atoms with Crippen LogP contribution in [0.25, 0.3) is 0 Å². The minimum absolute atomic E-state index is 0.0412. The summed E-state index contributed by atoms with van der Waals surface area (Å²) in [6, 6.07) is 28.4. The maximum atomic E-state index is 14.3. The van der Waals surface area contributed by atoms with Gasteiger partial charge in [0.05, 0.1) is 17.7 Å². The van der Waals surface area contributed by atoms with Crippen molar-refractivity contribution in [3.63, 3.8) is 0 Å². The number of nitrogens with zero attached hydrogens (tertiary/aromatic N) is 2. The van der Waals surface area contributed by atoms with Gasteiger partial charge >= 0.3 is 0 Å². The zero-order valence-electron chi connectivity index (χ0n) is 26.8. The first kappa shape index (κ1) is 34.1. The number of amides is 2. The average molecular weight is 644 g/mol. The van der Waals surface area contributed by atoms with E-state index in [2.05, 4.69) is 5.32 Å². The molecule has 10 heteroatoms. The number of carbonyl (C=O) groups is 2. The Kier molecular flexibility index (Phi) is 11.4. The van der Waals surface area contributed by atoms with E-state index in [9.17, 15) is 18.0 Å². The van der Waals surface area contributed by atoms with Crippen LogP contribution in [0.15, 0.2) is 108 Å². The molecule has 46 heavy (non-hydrogen) atoms. The van der Waals surface area contributed by atoms with Gasteiger partial charge in [-0.25, -0.2) is 8.42 Å². The van der Waals surface area contributed by atoms with Gasteiger partial charge in [0.25, 0.3) is 10.0 Å². The highest BCUT2D eigenvalue weighted by Gasteiger charge is 2.34. The molecular formula is C36H41N3O6S. The van der Waals surface area contributed by atoms with Crippen LogP contribution >= 0.6 is 0 Å². The van der Waals surface area contributed by atoms with Crippen LogP contribution in [0.2, 0.25) is 0 Å². The topological polar surface area (TPSA) is 105 Å². The zero-order valence-corrected chi connectivity index (χ0v) is 27.7. The lowest BCUT2D eigenvalue weighted by Crippen LogP contribution is -2.53. The molecule has 9 nitrogen and oxygen atoms in total. The highest BCUT2D eigenvalue weighted by Crippen LogP contribution is 2.29. The molecule has 2 amide bonds. The van der Waals surface area contributed by atoms with Crippen LogP contribution in [-0.4, -0.2) is 50.9 Å². The SMILES string of the molecule is CC[C@H](C(=O)NC(C)C)N(Cc1cccc(OC)c1)C(=O)CN(c1ccc(Oc2ccccc2)cc1)S(=O)(=O)c1ccc(C)cc1. The number of aryl methyl sites for hydroxylation is 1. The molecule has 1 N–H and O–H groups in total. The molecule has 0 heterocycles. The maximum Gasteiger partial charge on any atom is 0.264 e. The third kappa shape index (κ3) is 8.66. The molecule has 242 valence electrons. The molecule has 4 aromatic rings. The summed E-state index contributed by atoms with van der Waals surface area (Å²) in [6.45, 7) is 6.92. The van der Waals surface area contributed by atoms with Crippen molar-refractivity contribution < 1.29 is 27.5 Å². The fourth-order valence-corrected chi connectivity index (χ4v) is 6.35. The van der Waals surface area contributed by atoms with Crippen LogP contribution in [0.5, 0.6) is 17.2 Å². The Bertz CT molecular complexity index is 1710. The lowest BCUT2D eigenvalue weighted by atomic mass is 10.1. The van der Waals surface area contributed by atoms with Crippen molar-refractivity contribution in [3.05, 3.63) is 114 Å². The summed E-state index contributed by atoms with van der Waals surface area (Å²) in [4.78, 5) is 29.1. The van der Waals surface area contributed by atoms with Gasteiger partial charge in [-0.05, 0) is 93.4 Å². The third-order valence-corrected chi connectivity index (χ3v) is 9.08. The number of hydrogen-bond acceptors (Lipinski definition) is 6. The number of sulfonamides is 1. The molecule has 0 bridgehead atoms. The predicted octanol–water partition coefficient (Wildman–Crippen LogP) is 6.32. The van der Waals surface area contributed by atoms with Crippen LogP contribution in [0.1, 0.15) is 38.3 Å². The van der Waals surface area contributed by atoms with E-state index in [1.54, 1.807) is 61.7 Å². The zero-order chi connectivity index (χ0) is 33.3. The van der Waals surface area contributed by atoms with Crippen molar-refractivity contribution in [2.24, 2.45) is 0 Å². The van der Waals surface area contributed by atoms with E-state index in [-0.39, 0.29) is 29.1 Å². The Hall–Kier alpha value is -4.83. The summed E-state index contributed by atoms with van der Waals surface area (Å²) < 4.78 is 40.7. The summed E-state index contributed by atoms with van der Waals surface area (Å²) in [5.41, 5.74) is 1.91. The van der Waals surface area contributed by atoms with Crippen molar-refractivity contribution >= 4 is 27.5 Å².